The molecule has 0 aliphatic rings. The van der Waals surface area contributed by atoms with Gasteiger partial charge in [0.2, 0.25) is 0 Å². The highest BCUT2D eigenvalue weighted by Crippen LogP contribution is 2.31. The fourth-order valence-electron chi connectivity index (χ4n) is 1.89. The smallest absolute Gasteiger partial charge is 0.417 e. The van der Waals surface area contributed by atoms with Crippen molar-refractivity contribution in [3.63, 3.8) is 0 Å². The Morgan fingerprint density at radius 1 is 1.20 bits per heavy atom. The van der Waals surface area contributed by atoms with Gasteiger partial charge in [0.1, 0.15) is 5.75 Å². The molecule has 0 aliphatic carbocycles. The van der Waals surface area contributed by atoms with Gasteiger partial charge in [-0.25, -0.2) is 5.43 Å². The Morgan fingerprint density at radius 3 is 2.48 bits per heavy atom. The van der Waals surface area contributed by atoms with Crippen LogP contribution in [0.1, 0.15) is 18.1 Å². The molecule has 0 bridgehead atoms. The molecule has 1 N–H and O–H groups in total. The van der Waals surface area contributed by atoms with Gasteiger partial charge in [-0.15, -0.1) is 0 Å². The molecule has 0 saturated heterocycles. The molecule has 4 nitrogen and oxygen atoms in total. The van der Waals surface area contributed by atoms with Gasteiger partial charge in [0.15, 0.2) is 6.10 Å². The minimum atomic E-state index is -4.50. The standard InChI is InChI=1S/C17H14ClF3N2O2/c1-11(25-14-8-6-13(18)7-9-14)16(24)23-22-10-12-4-2-3-5-15(12)17(19,20)21/h2-11H,1H3,(H,23,24). The first-order chi connectivity index (χ1) is 11.8. The summed E-state index contributed by atoms with van der Waals surface area (Å²) in [6.07, 6.45) is -4.45. The molecule has 2 rings (SSSR count). The zero-order valence-corrected chi connectivity index (χ0v) is 13.8. The number of carbonyl (C=O) groups is 1. The fourth-order valence-corrected chi connectivity index (χ4v) is 2.02. The van der Waals surface area contributed by atoms with Crippen molar-refractivity contribution in [1.29, 1.82) is 0 Å². The normalized spacial score (nSPS) is 12.8. The number of nitrogens with one attached hydrogen (secondary N) is 1. The van der Waals surface area contributed by atoms with E-state index >= 15 is 0 Å². The van der Waals surface area contributed by atoms with Crippen LogP contribution in [-0.2, 0) is 11.0 Å². The van der Waals surface area contributed by atoms with Crippen LogP contribution < -0.4 is 10.2 Å². The van der Waals surface area contributed by atoms with Crippen molar-refractivity contribution in [2.45, 2.75) is 19.2 Å². The summed E-state index contributed by atoms with van der Waals surface area (Å²) in [6.45, 7) is 1.49. The summed E-state index contributed by atoms with van der Waals surface area (Å²) in [5.74, 6) is -0.172. The van der Waals surface area contributed by atoms with Crippen LogP contribution >= 0.6 is 11.6 Å². The second-order valence-corrected chi connectivity index (χ2v) is 5.47. The number of hydrazone groups is 1. The minimum Gasteiger partial charge on any atom is -0.481 e. The summed E-state index contributed by atoms with van der Waals surface area (Å²) in [5.41, 5.74) is 1.17. The highest BCUT2D eigenvalue weighted by atomic mass is 35.5. The first-order valence-electron chi connectivity index (χ1n) is 7.19. The van der Waals surface area contributed by atoms with Crippen molar-refractivity contribution in [2.75, 3.05) is 0 Å². The summed E-state index contributed by atoms with van der Waals surface area (Å²) in [4.78, 5) is 11.9. The molecule has 1 amide bonds. The van der Waals surface area contributed by atoms with Gasteiger partial charge in [-0.05, 0) is 37.3 Å². The Balaban J connectivity index is 1.97. The molecule has 132 valence electrons. The van der Waals surface area contributed by atoms with E-state index in [4.69, 9.17) is 16.3 Å². The van der Waals surface area contributed by atoms with Crippen molar-refractivity contribution in [1.82, 2.24) is 5.43 Å². The quantitative estimate of drug-likeness (QED) is 0.631. The highest BCUT2D eigenvalue weighted by Gasteiger charge is 2.32. The van der Waals surface area contributed by atoms with Crippen LogP contribution in [0.3, 0.4) is 0 Å². The van der Waals surface area contributed by atoms with Crippen molar-refractivity contribution in [2.24, 2.45) is 5.10 Å². The molecule has 1 unspecified atom stereocenters. The average Bonchev–Trinajstić information content (AvgIpc) is 2.56. The molecule has 0 fully saturated rings. The van der Waals surface area contributed by atoms with Crippen LogP contribution in [0.4, 0.5) is 13.2 Å². The minimum absolute atomic E-state index is 0.151. The molecular weight excluding hydrogens is 357 g/mol. The van der Waals surface area contributed by atoms with E-state index in [-0.39, 0.29) is 5.56 Å². The van der Waals surface area contributed by atoms with E-state index in [1.165, 1.54) is 25.1 Å². The third-order valence-electron chi connectivity index (χ3n) is 3.14. The van der Waals surface area contributed by atoms with Gasteiger partial charge in [0, 0.05) is 10.6 Å². The molecule has 1 atom stereocenters. The molecule has 0 aliphatic heterocycles. The molecule has 2 aromatic rings. The predicted octanol–water partition coefficient (Wildman–Crippen LogP) is 4.28. The van der Waals surface area contributed by atoms with Gasteiger partial charge in [0.25, 0.3) is 5.91 Å². The molecule has 25 heavy (non-hydrogen) atoms. The van der Waals surface area contributed by atoms with Crippen molar-refractivity contribution < 1.29 is 22.7 Å². The topological polar surface area (TPSA) is 50.7 Å². The Morgan fingerprint density at radius 2 is 1.84 bits per heavy atom. The van der Waals surface area contributed by atoms with Gasteiger partial charge >= 0.3 is 6.18 Å². The van der Waals surface area contributed by atoms with E-state index < -0.39 is 23.8 Å². The van der Waals surface area contributed by atoms with E-state index in [1.54, 1.807) is 24.3 Å². The first kappa shape index (κ1) is 18.8. The van der Waals surface area contributed by atoms with E-state index in [9.17, 15) is 18.0 Å². The third kappa shape index (κ3) is 5.49. The Labute approximate surface area is 147 Å². The first-order valence-corrected chi connectivity index (χ1v) is 7.56. The zero-order valence-electron chi connectivity index (χ0n) is 13.0. The molecule has 0 aromatic heterocycles. The molecule has 2 aromatic carbocycles. The van der Waals surface area contributed by atoms with Gasteiger partial charge in [-0.2, -0.15) is 18.3 Å². The van der Waals surface area contributed by atoms with E-state index in [1.807, 2.05) is 0 Å². The number of rotatable bonds is 5. The number of halogens is 4. The molecule has 0 spiro atoms. The second kappa shape index (κ2) is 8.02. The van der Waals surface area contributed by atoms with Crippen LogP contribution in [0.15, 0.2) is 53.6 Å². The lowest BCUT2D eigenvalue weighted by Gasteiger charge is -2.13. The Kier molecular flexibility index (Phi) is 6.03. The lowest BCUT2D eigenvalue weighted by Crippen LogP contribution is -2.33. The third-order valence-corrected chi connectivity index (χ3v) is 3.39. The molecular formula is C17H14ClF3N2O2. The second-order valence-electron chi connectivity index (χ2n) is 5.03. The van der Waals surface area contributed by atoms with E-state index in [2.05, 4.69) is 10.5 Å². The molecule has 0 saturated carbocycles. The van der Waals surface area contributed by atoms with Crippen molar-refractivity contribution >= 4 is 23.7 Å². The number of carbonyl (C=O) groups excluding carboxylic acids is 1. The van der Waals surface area contributed by atoms with E-state index in [0.29, 0.717) is 10.8 Å². The maximum Gasteiger partial charge on any atom is 0.417 e. The summed E-state index contributed by atoms with van der Waals surface area (Å²) in [6, 6.07) is 11.3. The number of amides is 1. The number of alkyl halides is 3. The van der Waals surface area contributed by atoms with Crippen LogP contribution in [-0.4, -0.2) is 18.2 Å². The van der Waals surface area contributed by atoms with Crippen LogP contribution in [0.5, 0.6) is 5.75 Å². The number of nitrogens with zero attached hydrogens (tertiary/aromatic N) is 1. The lowest BCUT2D eigenvalue weighted by molar-refractivity contribution is -0.137. The van der Waals surface area contributed by atoms with Crippen molar-refractivity contribution in [3.05, 3.63) is 64.7 Å². The number of ether oxygens (including phenoxy) is 1. The van der Waals surface area contributed by atoms with Gasteiger partial charge in [-0.3, -0.25) is 4.79 Å². The van der Waals surface area contributed by atoms with Gasteiger partial charge < -0.3 is 4.74 Å². The molecule has 8 heteroatoms. The van der Waals surface area contributed by atoms with Gasteiger partial charge in [-0.1, -0.05) is 29.8 Å². The number of benzene rings is 2. The summed E-state index contributed by atoms with van der Waals surface area (Å²) in [7, 11) is 0. The lowest BCUT2D eigenvalue weighted by atomic mass is 10.1. The molecule has 0 radical (unpaired) electrons. The largest absolute Gasteiger partial charge is 0.481 e. The maximum absolute atomic E-state index is 12.9. The van der Waals surface area contributed by atoms with E-state index in [0.717, 1.165) is 12.3 Å². The summed E-state index contributed by atoms with van der Waals surface area (Å²) < 4.78 is 44.0. The summed E-state index contributed by atoms with van der Waals surface area (Å²) >= 11 is 5.75. The van der Waals surface area contributed by atoms with Crippen LogP contribution in [0.25, 0.3) is 0 Å². The Bertz CT molecular complexity index is 761. The van der Waals surface area contributed by atoms with Gasteiger partial charge in [0.05, 0.1) is 11.8 Å². The van der Waals surface area contributed by atoms with Crippen molar-refractivity contribution in [3.8, 4) is 5.75 Å². The monoisotopic (exact) mass is 370 g/mol. The maximum atomic E-state index is 12.9. The SMILES string of the molecule is CC(Oc1ccc(Cl)cc1)C(=O)NN=Cc1ccccc1C(F)(F)F. The Hall–Kier alpha value is -2.54. The fraction of sp³-hybridized carbons (Fsp3) is 0.176. The number of hydrogen-bond donors (Lipinski definition) is 1. The van der Waals surface area contributed by atoms with Crippen LogP contribution in [0, 0.1) is 0 Å². The number of hydrogen-bond acceptors (Lipinski definition) is 3. The summed E-state index contributed by atoms with van der Waals surface area (Å²) in [5, 5.41) is 4.09. The highest BCUT2D eigenvalue weighted by molar-refractivity contribution is 6.30. The van der Waals surface area contributed by atoms with Crippen LogP contribution in [0.2, 0.25) is 5.02 Å². The average molecular weight is 371 g/mol. The predicted molar refractivity (Wildman–Crippen MR) is 88.7 cm³/mol. The molecule has 0 heterocycles. The zero-order chi connectivity index (χ0) is 18.4.